The Morgan fingerprint density at radius 1 is 1.40 bits per heavy atom. The van der Waals surface area contributed by atoms with Crippen molar-refractivity contribution < 1.29 is 9.90 Å². The van der Waals surface area contributed by atoms with Crippen molar-refractivity contribution in [3.05, 3.63) is 34.5 Å². The van der Waals surface area contributed by atoms with E-state index in [2.05, 4.69) is 5.32 Å². The first-order valence-corrected chi connectivity index (χ1v) is 7.19. The molecular weight excluding hydrogens is 276 g/mol. The summed E-state index contributed by atoms with van der Waals surface area (Å²) in [6, 6.07) is 5.59. The lowest BCUT2D eigenvalue weighted by Crippen LogP contribution is -2.27. The normalized spacial score (nSPS) is 16.7. The summed E-state index contributed by atoms with van der Waals surface area (Å²) in [6.07, 6.45) is 1.93. The third-order valence-corrected chi connectivity index (χ3v) is 4.39. The number of fused-ring (bicyclic) bond motifs is 1. The Hall–Kier alpha value is -1.52. The van der Waals surface area contributed by atoms with Crippen LogP contribution in [0.15, 0.2) is 18.2 Å². The Morgan fingerprint density at radius 2 is 2.10 bits per heavy atom. The fourth-order valence-corrected chi connectivity index (χ4v) is 3.40. The standard InChI is InChI=1S/C15H17ClN2O2/c1-18-12-3-2-10(16)8-11(12)13(14(18)15(19)20)9-4-6-17-7-5-9/h2-3,8-9,17H,4-7H2,1H3,(H,19,20). The molecule has 0 saturated carbocycles. The van der Waals surface area contributed by atoms with Gasteiger partial charge in [-0.05, 0) is 55.6 Å². The fourth-order valence-electron chi connectivity index (χ4n) is 3.23. The van der Waals surface area contributed by atoms with E-state index in [1.165, 1.54) is 0 Å². The van der Waals surface area contributed by atoms with E-state index in [-0.39, 0.29) is 5.92 Å². The van der Waals surface area contributed by atoms with Gasteiger partial charge in [-0.2, -0.15) is 0 Å². The van der Waals surface area contributed by atoms with Crippen molar-refractivity contribution in [2.75, 3.05) is 13.1 Å². The number of piperidine rings is 1. The van der Waals surface area contributed by atoms with Gasteiger partial charge in [-0.15, -0.1) is 0 Å². The maximum Gasteiger partial charge on any atom is 0.352 e. The molecule has 1 aliphatic rings. The van der Waals surface area contributed by atoms with Crippen LogP contribution in [0.4, 0.5) is 0 Å². The summed E-state index contributed by atoms with van der Waals surface area (Å²) in [5, 5.41) is 14.5. The lowest BCUT2D eigenvalue weighted by Gasteiger charge is -2.23. The summed E-state index contributed by atoms with van der Waals surface area (Å²) in [5.74, 6) is -0.585. The van der Waals surface area contributed by atoms with Crippen molar-refractivity contribution in [1.29, 1.82) is 0 Å². The number of aromatic carboxylic acids is 1. The van der Waals surface area contributed by atoms with E-state index in [9.17, 15) is 9.90 Å². The van der Waals surface area contributed by atoms with Crippen LogP contribution in [0.3, 0.4) is 0 Å². The average molecular weight is 293 g/mol. The largest absolute Gasteiger partial charge is 0.477 e. The number of carboxylic acid groups (broad SMARTS) is 1. The molecule has 0 bridgehead atoms. The number of rotatable bonds is 2. The van der Waals surface area contributed by atoms with Crippen LogP contribution in [-0.4, -0.2) is 28.7 Å². The highest BCUT2D eigenvalue weighted by Crippen LogP contribution is 2.37. The van der Waals surface area contributed by atoms with Gasteiger partial charge in [-0.1, -0.05) is 11.6 Å². The topological polar surface area (TPSA) is 54.3 Å². The third kappa shape index (κ3) is 2.09. The molecule has 20 heavy (non-hydrogen) atoms. The van der Waals surface area contributed by atoms with Crippen LogP contribution in [-0.2, 0) is 7.05 Å². The molecule has 0 radical (unpaired) electrons. The number of nitrogens with one attached hydrogen (secondary N) is 1. The monoisotopic (exact) mass is 292 g/mol. The number of benzene rings is 1. The summed E-state index contributed by atoms with van der Waals surface area (Å²) in [6.45, 7) is 1.86. The van der Waals surface area contributed by atoms with Crippen LogP contribution in [0.5, 0.6) is 0 Å². The first kappa shape index (κ1) is 13.5. The van der Waals surface area contributed by atoms with Gasteiger partial charge in [0.2, 0.25) is 0 Å². The molecule has 0 aliphatic carbocycles. The molecular formula is C15H17ClN2O2. The van der Waals surface area contributed by atoms with Gasteiger partial charge < -0.3 is 15.0 Å². The number of aryl methyl sites for hydroxylation is 1. The van der Waals surface area contributed by atoms with Crippen molar-refractivity contribution in [1.82, 2.24) is 9.88 Å². The van der Waals surface area contributed by atoms with Gasteiger partial charge in [-0.3, -0.25) is 0 Å². The highest BCUT2D eigenvalue weighted by molar-refractivity contribution is 6.31. The maximum absolute atomic E-state index is 11.7. The number of nitrogens with zero attached hydrogens (tertiary/aromatic N) is 1. The second kappa shape index (κ2) is 5.11. The summed E-state index contributed by atoms with van der Waals surface area (Å²) < 4.78 is 1.77. The summed E-state index contributed by atoms with van der Waals surface area (Å²) in [4.78, 5) is 11.7. The second-order valence-electron chi connectivity index (χ2n) is 5.31. The van der Waals surface area contributed by atoms with E-state index in [0.29, 0.717) is 10.7 Å². The molecule has 0 unspecified atom stereocenters. The molecule has 4 nitrogen and oxygen atoms in total. The van der Waals surface area contributed by atoms with Gasteiger partial charge in [0.05, 0.1) is 0 Å². The molecule has 0 spiro atoms. The Bertz CT molecular complexity index is 672. The first-order chi connectivity index (χ1) is 9.59. The summed E-state index contributed by atoms with van der Waals surface area (Å²) in [7, 11) is 1.81. The number of hydrogen-bond donors (Lipinski definition) is 2. The molecule has 2 heterocycles. The van der Waals surface area contributed by atoms with Crippen LogP contribution < -0.4 is 5.32 Å². The van der Waals surface area contributed by atoms with E-state index in [1.807, 2.05) is 25.2 Å². The van der Waals surface area contributed by atoms with E-state index < -0.39 is 5.97 Å². The molecule has 2 N–H and O–H groups in total. The van der Waals surface area contributed by atoms with Crippen molar-refractivity contribution in [3.8, 4) is 0 Å². The SMILES string of the molecule is Cn1c(C(=O)O)c(C2CCNCC2)c2cc(Cl)ccc21. The Kier molecular flexibility index (Phi) is 3.44. The average Bonchev–Trinajstić information content (AvgIpc) is 2.72. The highest BCUT2D eigenvalue weighted by atomic mass is 35.5. The van der Waals surface area contributed by atoms with Crippen LogP contribution in [0.2, 0.25) is 5.02 Å². The fraction of sp³-hybridized carbons (Fsp3) is 0.400. The van der Waals surface area contributed by atoms with Crippen molar-refractivity contribution >= 4 is 28.5 Å². The summed E-state index contributed by atoms with van der Waals surface area (Å²) >= 11 is 6.10. The van der Waals surface area contributed by atoms with E-state index in [4.69, 9.17) is 11.6 Å². The zero-order chi connectivity index (χ0) is 14.3. The minimum absolute atomic E-state index is 0.282. The maximum atomic E-state index is 11.7. The highest BCUT2D eigenvalue weighted by Gasteiger charge is 2.27. The molecule has 1 aliphatic heterocycles. The predicted molar refractivity (Wildman–Crippen MR) is 79.7 cm³/mol. The van der Waals surface area contributed by atoms with E-state index >= 15 is 0 Å². The minimum Gasteiger partial charge on any atom is -0.477 e. The van der Waals surface area contributed by atoms with Crippen LogP contribution in [0.1, 0.15) is 34.8 Å². The van der Waals surface area contributed by atoms with Crippen LogP contribution in [0, 0.1) is 0 Å². The lowest BCUT2D eigenvalue weighted by molar-refractivity contribution is 0.0685. The van der Waals surface area contributed by atoms with Gasteiger partial charge >= 0.3 is 5.97 Å². The van der Waals surface area contributed by atoms with Gasteiger partial charge in [-0.25, -0.2) is 4.79 Å². The number of hydrogen-bond acceptors (Lipinski definition) is 2. The Balaban J connectivity index is 2.28. The molecule has 5 heteroatoms. The Labute approximate surface area is 122 Å². The zero-order valence-electron chi connectivity index (χ0n) is 11.3. The lowest BCUT2D eigenvalue weighted by atomic mass is 9.88. The zero-order valence-corrected chi connectivity index (χ0v) is 12.1. The van der Waals surface area contributed by atoms with Gasteiger partial charge in [0, 0.05) is 23.0 Å². The molecule has 1 aromatic heterocycles. The van der Waals surface area contributed by atoms with Gasteiger partial charge in [0.25, 0.3) is 0 Å². The molecule has 2 aromatic rings. The number of aromatic nitrogens is 1. The molecule has 1 aromatic carbocycles. The van der Waals surface area contributed by atoms with E-state index in [1.54, 1.807) is 4.57 Å². The number of halogens is 1. The first-order valence-electron chi connectivity index (χ1n) is 6.81. The van der Waals surface area contributed by atoms with Crippen molar-refractivity contribution in [2.24, 2.45) is 7.05 Å². The Morgan fingerprint density at radius 3 is 2.75 bits per heavy atom. The smallest absolute Gasteiger partial charge is 0.352 e. The van der Waals surface area contributed by atoms with Crippen LogP contribution in [0.25, 0.3) is 10.9 Å². The molecule has 0 amide bonds. The van der Waals surface area contributed by atoms with Crippen LogP contribution >= 0.6 is 11.6 Å². The minimum atomic E-state index is -0.867. The summed E-state index contributed by atoms with van der Waals surface area (Å²) in [5.41, 5.74) is 2.27. The molecule has 0 atom stereocenters. The molecule has 1 fully saturated rings. The number of carboxylic acids is 1. The van der Waals surface area contributed by atoms with Gasteiger partial charge in [0.15, 0.2) is 0 Å². The molecule has 3 rings (SSSR count). The van der Waals surface area contributed by atoms with Crippen molar-refractivity contribution in [3.63, 3.8) is 0 Å². The van der Waals surface area contributed by atoms with Crippen molar-refractivity contribution in [2.45, 2.75) is 18.8 Å². The number of carbonyl (C=O) groups is 1. The predicted octanol–water partition coefficient (Wildman–Crippen LogP) is 3.00. The second-order valence-corrected chi connectivity index (χ2v) is 5.75. The molecule has 106 valence electrons. The molecule has 1 saturated heterocycles. The third-order valence-electron chi connectivity index (χ3n) is 4.15. The van der Waals surface area contributed by atoms with E-state index in [0.717, 1.165) is 42.4 Å². The quantitative estimate of drug-likeness (QED) is 0.895. The van der Waals surface area contributed by atoms with Gasteiger partial charge in [0.1, 0.15) is 5.69 Å².